The second-order valence-corrected chi connectivity index (χ2v) is 27.6. The van der Waals surface area contributed by atoms with Crippen molar-refractivity contribution in [1.82, 2.24) is 5.32 Å². The summed E-state index contributed by atoms with van der Waals surface area (Å²) in [6.45, 7) is 68.8. The van der Waals surface area contributed by atoms with Gasteiger partial charge >= 0.3 is 0 Å². The summed E-state index contributed by atoms with van der Waals surface area (Å²) < 4.78 is 6.02. The minimum Gasteiger partial charge on any atom is -0.375 e. The molecule has 3 heteroatoms. The monoisotopic (exact) mass is 730 g/mol. The Hall–Kier alpha value is 0.0100. The summed E-state index contributed by atoms with van der Waals surface area (Å²) in [6.07, 6.45) is 7.20. The maximum Gasteiger partial charge on any atom is 0.0598 e. The van der Waals surface area contributed by atoms with Gasteiger partial charge in [-0.05, 0) is 98.0 Å². The number of rotatable bonds is 4. The Morgan fingerprint density at radius 3 is 0.840 bits per heavy atom. The van der Waals surface area contributed by atoms with Gasteiger partial charge in [0.2, 0.25) is 0 Å². The summed E-state index contributed by atoms with van der Waals surface area (Å²) in [5.74, 6) is 1.25. The first-order valence-electron chi connectivity index (χ1n) is 19.8. The van der Waals surface area contributed by atoms with E-state index >= 15 is 0 Å². The maximum absolute atomic E-state index is 5.59. The molecule has 2 nitrogen and oxygen atoms in total. The Morgan fingerprint density at radius 2 is 0.740 bits per heavy atom. The van der Waals surface area contributed by atoms with Crippen molar-refractivity contribution in [3.63, 3.8) is 0 Å². The molecule has 0 radical (unpaired) electrons. The number of thioether (sulfide) groups is 1. The van der Waals surface area contributed by atoms with Crippen molar-refractivity contribution in [3.8, 4) is 0 Å². The fourth-order valence-electron chi connectivity index (χ4n) is 2.65. The molecule has 0 saturated heterocycles. The van der Waals surface area contributed by atoms with Crippen LogP contribution in [0, 0.1) is 37.9 Å². The largest absolute Gasteiger partial charge is 0.375 e. The highest BCUT2D eigenvalue weighted by molar-refractivity contribution is 8.00. The number of nitrogens with one attached hydrogen (secondary N) is 1. The molecule has 50 heavy (non-hydrogen) atoms. The van der Waals surface area contributed by atoms with E-state index in [0.717, 1.165) is 13.2 Å². The first-order chi connectivity index (χ1) is 21.0. The third-order valence-electron chi connectivity index (χ3n) is 5.73. The first kappa shape index (κ1) is 59.3. The molecule has 0 aliphatic rings. The van der Waals surface area contributed by atoms with Crippen LogP contribution >= 0.6 is 11.8 Å². The zero-order valence-electron chi connectivity index (χ0n) is 41.0. The van der Waals surface area contributed by atoms with Crippen LogP contribution in [-0.4, -0.2) is 34.8 Å². The summed E-state index contributed by atoms with van der Waals surface area (Å²) in [5.41, 5.74) is 3.08. The normalized spacial score (nSPS) is 14.0. The zero-order chi connectivity index (χ0) is 42.1. The molecule has 308 valence electrons. The van der Waals surface area contributed by atoms with E-state index in [2.05, 4.69) is 225 Å². The second-order valence-electron chi connectivity index (χ2n) is 25.8. The molecule has 0 aromatic carbocycles. The third-order valence-corrected chi connectivity index (χ3v) is 7.61. The van der Waals surface area contributed by atoms with E-state index in [0.29, 0.717) is 37.2 Å². The van der Waals surface area contributed by atoms with E-state index < -0.39 is 0 Å². The maximum atomic E-state index is 5.59. The molecule has 0 aliphatic heterocycles. The topological polar surface area (TPSA) is 21.3 Å². The minimum atomic E-state index is 0.00722. The van der Waals surface area contributed by atoms with E-state index in [9.17, 15) is 0 Å². The molecule has 0 atom stereocenters. The Labute approximate surface area is 326 Å². The van der Waals surface area contributed by atoms with Crippen LogP contribution in [0.15, 0.2) is 12.2 Å². The molecule has 0 saturated carbocycles. The number of hydrogen-bond acceptors (Lipinski definition) is 3. The van der Waals surface area contributed by atoms with Gasteiger partial charge in [0.15, 0.2) is 0 Å². The molecule has 0 rings (SSSR count). The van der Waals surface area contributed by atoms with Crippen LogP contribution < -0.4 is 5.32 Å². The molecule has 0 bridgehead atoms. The number of hydrogen-bond donors (Lipinski definition) is 1. The predicted molar refractivity (Wildman–Crippen MR) is 240 cm³/mol. The van der Waals surface area contributed by atoms with Crippen LogP contribution in [0.3, 0.4) is 0 Å². The van der Waals surface area contributed by atoms with Gasteiger partial charge in [0, 0.05) is 16.8 Å². The van der Waals surface area contributed by atoms with Gasteiger partial charge in [-0.15, -0.1) is 0 Å². The van der Waals surface area contributed by atoms with Gasteiger partial charge in [0.1, 0.15) is 0 Å². The van der Waals surface area contributed by atoms with Gasteiger partial charge in [-0.3, -0.25) is 0 Å². The molecule has 0 fully saturated rings. The summed E-state index contributed by atoms with van der Waals surface area (Å²) in [7, 11) is 0. The van der Waals surface area contributed by atoms with E-state index in [1.165, 1.54) is 18.6 Å². The van der Waals surface area contributed by atoms with Gasteiger partial charge in [0.05, 0.1) is 12.2 Å². The van der Waals surface area contributed by atoms with Crippen molar-refractivity contribution in [2.75, 3.05) is 18.9 Å². The van der Waals surface area contributed by atoms with Gasteiger partial charge in [-0.2, -0.15) is 11.8 Å². The van der Waals surface area contributed by atoms with Gasteiger partial charge in [-0.25, -0.2) is 0 Å². The zero-order valence-corrected chi connectivity index (χ0v) is 41.8. The van der Waals surface area contributed by atoms with Gasteiger partial charge in [-0.1, -0.05) is 178 Å². The molecule has 1 N–H and O–H groups in total. The fourth-order valence-corrected chi connectivity index (χ4v) is 3.51. The number of ether oxygens (including phenoxy) is 1. The van der Waals surface area contributed by atoms with E-state index in [4.69, 9.17) is 4.74 Å². The van der Waals surface area contributed by atoms with E-state index in [-0.39, 0.29) is 16.6 Å². The molecule has 0 unspecified atom stereocenters. The highest BCUT2D eigenvalue weighted by atomic mass is 32.2. The van der Waals surface area contributed by atoms with Gasteiger partial charge in [0.25, 0.3) is 0 Å². The van der Waals surface area contributed by atoms with Gasteiger partial charge < -0.3 is 10.1 Å². The Balaban J connectivity index is -0.000000169. The van der Waals surface area contributed by atoms with Crippen LogP contribution in [0.5, 0.6) is 0 Å². The lowest BCUT2D eigenvalue weighted by molar-refractivity contribution is -0.0382. The standard InChI is InChI=1S/C10H22.C10H20.C9H21N.C9H20O.C9H20S/c2*1-9(2,3)7-8-10(4,5)6;3*1-8(2,3)7-10-9(4,5)6/h7-8H2,1-6H3;7-8H,1-6H3;10H,7H2,1-6H3;2*7H2,1-6H3. The number of allylic oxidation sites excluding steroid dienone is 2. The summed E-state index contributed by atoms with van der Waals surface area (Å²) >= 11 is 2.04. The fraction of sp³-hybridized carbons (Fsp3) is 0.957. The average molecular weight is 730 g/mol. The highest BCUT2D eigenvalue weighted by Gasteiger charge is 2.19. The van der Waals surface area contributed by atoms with Crippen molar-refractivity contribution in [2.45, 2.75) is 236 Å². The smallest absolute Gasteiger partial charge is 0.0598 e. The molecule has 0 aliphatic carbocycles. The van der Waals surface area contributed by atoms with Crippen LogP contribution in [-0.2, 0) is 4.74 Å². The Morgan fingerprint density at radius 1 is 0.420 bits per heavy atom. The minimum absolute atomic E-state index is 0.00722. The van der Waals surface area contributed by atoms with Crippen molar-refractivity contribution in [1.29, 1.82) is 0 Å². The molecule has 0 spiro atoms. The van der Waals surface area contributed by atoms with Crippen LogP contribution in [0.1, 0.15) is 221 Å². The molecule has 0 aromatic rings. The molecule has 0 amide bonds. The Bertz CT molecular complexity index is 642. The molecule has 0 aromatic heterocycles. The van der Waals surface area contributed by atoms with E-state index in [1.54, 1.807) is 0 Å². The van der Waals surface area contributed by atoms with Crippen molar-refractivity contribution in [3.05, 3.63) is 12.2 Å². The molecule has 0 heterocycles. The average Bonchev–Trinajstić information content (AvgIpc) is 2.75. The molecular weight excluding hydrogens is 627 g/mol. The van der Waals surface area contributed by atoms with E-state index in [1.807, 2.05) is 11.8 Å². The predicted octanol–water partition coefficient (Wildman–Crippen LogP) is 16.3. The first-order valence-corrected chi connectivity index (χ1v) is 20.8. The Kier molecular flexibility index (Phi) is 27.3. The summed E-state index contributed by atoms with van der Waals surface area (Å²) in [6, 6.07) is 0. The van der Waals surface area contributed by atoms with Crippen molar-refractivity contribution < 1.29 is 4.74 Å². The lowest BCUT2D eigenvalue weighted by Gasteiger charge is -2.27. The lowest BCUT2D eigenvalue weighted by atomic mass is 9.81. The van der Waals surface area contributed by atoms with Crippen LogP contribution in [0.4, 0.5) is 0 Å². The van der Waals surface area contributed by atoms with Crippen molar-refractivity contribution in [2.24, 2.45) is 37.9 Å². The highest BCUT2D eigenvalue weighted by Crippen LogP contribution is 2.30. The third kappa shape index (κ3) is 86.6. The quantitative estimate of drug-likeness (QED) is 0.291. The van der Waals surface area contributed by atoms with Crippen LogP contribution in [0.2, 0.25) is 0 Å². The van der Waals surface area contributed by atoms with Crippen molar-refractivity contribution >= 4 is 11.8 Å². The summed E-state index contributed by atoms with van der Waals surface area (Å²) in [4.78, 5) is 0. The lowest BCUT2D eigenvalue weighted by Crippen LogP contribution is -2.40. The second kappa shape index (κ2) is 23.0. The van der Waals surface area contributed by atoms with Crippen LogP contribution in [0.25, 0.3) is 0 Å². The SMILES string of the molecule is CC(C)(C)C=CC(C)(C)C.CC(C)(C)CCC(C)(C)C.CC(C)(C)CNC(C)(C)C.CC(C)(C)COC(C)(C)C.CC(C)(C)CSC(C)(C)C. The summed E-state index contributed by atoms with van der Waals surface area (Å²) in [5, 5.41) is 3.46. The molecular formula is C47H103NOS.